The van der Waals surface area contributed by atoms with Crippen LogP contribution in [0.5, 0.6) is 0 Å². The minimum absolute atomic E-state index is 0.206. The highest BCUT2D eigenvalue weighted by Gasteiger charge is 2.22. The SMILES string of the molecule is CN1CCC(CNC(=O)c2nc(N3CCCC3)ncc2Cl)C1. The normalized spacial score (nSPS) is 22.3. The first kappa shape index (κ1) is 15.5. The van der Waals surface area contributed by atoms with Crippen molar-refractivity contribution in [3.8, 4) is 0 Å². The standard InChI is InChI=1S/C15H22ClN5O/c1-20-7-4-11(10-20)8-17-14(22)13-12(16)9-18-15(19-13)21-5-2-3-6-21/h9,11H,2-8,10H2,1H3,(H,17,22). The Kier molecular flexibility index (Phi) is 4.78. The van der Waals surface area contributed by atoms with Gasteiger partial charge in [0, 0.05) is 26.2 Å². The highest BCUT2D eigenvalue weighted by molar-refractivity contribution is 6.33. The summed E-state index contributed by atoms with van der Waals surface area (Å²) in [5.74, 6) is 0.905. The van der Waals surface area contributed by atoms with Gasteiger partial charge in [-0.25, -0.2) is 9.97 Å². The Labute approximate surface area is 135 Å². The quantitative estimate of drug-likeness (QED) is 0.908. The van der Waals surface area contributed by atoms with Gasteiger partial charge in [-0.05, 0) is 38.8 Å². The van der Waals surface area contributed by atoms with E-state index >= 15 is 0 Å². The lowest BCUT2D eigenvalue weighted by atomic mass is 10.1. The zero-order valence-corrected chi connectivity index (χ0v) is 13.6. The Morgan fingerprint density at radius 3 is 2.86 bits per heavy atom. The summed E-state index contributed by atoms with van der Waals surface area (Å²) < 4.78 is 0. The number of carbonyl (C=O) groups is 1. The van der Waals surface area contributed by atoms with Gasteiger partial charge in [0.05, 0.1) is 11.2 Å². The van der Waals surface area contributed by atoms with E-state index in [4.69, 9.17) is 11.6 Å². The Hall–Kier alpha value is -1.40. The number of rotatable bonds is 4. The van der Waals surface area contributed by atoms with E-state index in [1.165, 1.54) is 6.20 Å². The molecule has 1 aromatic rings. The fourth-order valence-corrected chi connectivity index (χ4v) is 3.28. The molecule has 120 valence electrons. The molecule has 0 aromatic carbocycles. The van der Waals surface area contributed by atoms with Crippen molar-refractivity contribution in [2.24, 2.45) is 5.92 Å². The van der Waals surface area contributed by atoms with Gasteiger partial charge >= 0.3 is 0 Å². The van der Waals surface area contributed by atoms with E-state index in [9.17, 15) is 4.79 Å². The third-order valence-corrected chi connectivity index (χ3v) is 4.65. The zero-order chi connectivity index (χ0) is 15.5. The van der Waals surface area contributed by atoms with E-state index in [-0.39, 0.29) is 11.6 Å². The molecule has 1 unspecified atom stereocenters. The minimum Gasteiger partial charge on any atom is -0.350 e. The number of carbonyl (C=O) groups excluding carboxylic acids is 1. The average molecular weight is 324 g/mol. The molecule has 6 nitrogen and oxygen atoms in total. The molecule has 0 spiro atoms. The van der Waals surface area contributed by atoms with Crippen molar-refractivity contribution in [3.05, 3.63) is 16.9 Å². The van der Waals surface area contributed by atoms with Crippen LogP contribution in [0.3, 0.4) is 0 Å². The van der Waals surface area contributed by atoms with Crippen LogP contribution in [-0.2, 0) is 0 Å². The Morgan fingerprint density at radius 1 is 1.41 bits per heavy atom. The average Bonchev–Trinajstić information content (AvgIpc) is 3.17. The van der Waals surface area contributed by atoms with E-state index in [2.05, 4.69) is 32.1 Å². The van der Waals surface area contributed by atoms with Crippen LogP contribution in [0.2, 0.25) is 5.02 Å². The van der Waals surface area contributed by atoms with E-state index in [1.807, 2.05) is 0 Å². The number of anilines is 1. The smallest absolute Gasteiger partial charge is 0.271 e. The number of nitrogens with zero attached hydrogens (tertiary/aromatic N) is 4. The molecule has 1 N–H and O–H groups in total. The van der Waals surface area contributed by atoms with Crippen molar-refractivity contribution in [2.75, 3.05) is 44.7 Å². The topological polar surface area (TPSA) is 61.4 Å². The molecule has 1 atom stereocenters. The van der Waals surface area contributed by atoms with Gasteiger partial charge in [0.25, 0.3) is 5.91 Å². The molecule has 0 radical (unpaired) electrons. The van der Waals surface area contributed by atoms with Gasteiger partial charge in [0.2, 0.25) is 5.95 Å². The van der Waals surface area contributed by atoms with Crippen molar-refractivity contribution < 1.29 is 4.79 Å². The highest BCUT2D eigenvalue weighted by Crippen LogP contribution is 2.20. The van der Waals surface area contributed by atoms with Crippen LogP contribution in [0.15, 0.2) is 6.20 Å². The van der Waals surface area contributed by atoms with Crippen molar-refractivity contribution in [2.45, 2.75) is 19.3 Å². The van der Waals surface area contributed by atoms with Crippen LogP contribution in [0, 0.1) is 5.92 Å². The van der Waals surface area contributed by atoms with Crippen LogP contribution < -0.4 is 10.2 Å². The molecule has 7 heteroatoms. The maximum absolute atomic E-state index is 12.4. The summed E-state index contributed by atoms with van der Waals surface area (Å²) >= 11 is 6.10. The van der Waals surface area contributed by atoms with Gasteiger partial charge in [0.15, 0.2) is 5.69 Å². The lowest BCUT2D eigenvalue weighted by molar-refractivity contribution is 0.0942. The number of likely N-dealkylation sites (tertiary alicyclic amines) is 1. The van der Waals surface area contributed by atoms with Gasteiger partial charge in [-0.15, -0.1) is 0 Å². The Balaban J connectivity index is 1.64. The number of amides is 1. The second-order valence-electron chi connectivity index (χ2n) is 6.19. The maximum Gasteiger partial charge on any atom is 0.271 e. The van der Waals surface area contributed by atoms with Gasteiger partial charge in [0.1, 0.15) is 0 Å². The molecule has 2 saturated heterocycles. The van der Waals surface area contributed by atoms with E-state index in [0.29, 0.717) is 23.4 Å². The molecule has 1 aromatic heterocycles. The molecule has 2 aliphatic rings. The van der Waals surface area contributed by atoms with E-state index in [0.717, 1.165) is 45.4 Å². The molecule has 0 saturated carbocycles. The largest absolute Gasteiger partial charge is 0.350 e. The summed E-state index contributed by atoms with van der Waals surface area (Å²) in [5.41, 5.74) is 0.282. The van der Waals surface area contributed by atoms with Crippen molar-refractivity contribution >= 4 is 23.5 Å². The highest BCUT2D eigenvalue weighted by atomic mass is 35.5. The van der Waals surface area contributed by atoms with Crippen molar-refractivity contribution in [1.82, 2.24) is 20.2 Å². The molecule has 2 aliphatic heterocycles. The molecule has 2 fully saturated rings. The fourth-order valence-electron chi connectivity index (χ4n) is 3.10. The molecular weight excluding hydrogens is 302 g/mol. The number of hydrogen-bond donors (Lipinski definition) is 1. The molecular formula is C15H22ClN5O. The molecule has 0 aliphatic carbocycles. The predicted molar refractivity (Wildman–Crippen MR) is 86.4 cm³/mol. The predicted octanol–water partition coefficient (Wildman–Crippen LogP) is 1.41. The molecule has 0 bridgehead atoms. The van der Waals surface area contributed by atoms with Crippen LogP contribution in [0.1, 0.15) is 29.8 Å². The van der Waals surface area contributed by atoms with Gasteiger partial charge in [-0.1, -0.05) is 11.6 Å². The number of halogens is 1. The summed E-state index contributed by atoms with van der Waals surface area (Å²) in [4.78, 5) is 25.3. The van der Waals surface area contributed by atoms with E-state index in [1.54, 1.807) is 0 Å². The van der Waals surface area contributed by atoms with Crippen LogP contribution in [0.4, 0.5) is 5.95 Å². The van der Waals surface area contributed by atoms with Crippen molar-refractivity contribution in [3.63, 3.8) is 0 Å². The Bertz CT molecular complexity index is 547. The molecule has 1 amide bonds. The van der Waals surface area contributed by atoms with Gasteiger partial charge < -0.3 is 15.1 Å². The zero-order valence-electron chi connectivity index (χ0n) is 12.9. The summed E-state index contributed by atoms with van der Waals surface area (Å²) in [5, 5.41) is 3.27. The second kappa shape index (κ2) is 6.79. The second-order valence-corrected chi connectivity index (χ2v) is 6.59. The third kappa shape index (κ3) is 3.50. The number of hydrogen-bond acceptors (Lipinski definition) is 5. The number of nitrogens with one attached hydrogen (secondary N) is 1. The first-order chi connectivity index (χ1) is 10.6. The van der Waals surface area contributed by atoms with Gasteiger partial charge in [-0.2, -0.15) is 0 Å². The summed E-state index contributed by atoms with van der Waals surface area (Å²) in [7, 11) is 2.10. The molecule has 3 rings (SSSR count). The van der Waals surface area contributed by atoms with Crippen molar-refractivity contribution in [1.29, 1.82) is 0 Å². The first-order valence-electron chi connectivity index (χ1n) is 7.87. The monoisotopic (exact) mass is 323 g/mol. The minimum atomic E-state index is -0.206. The first-order valence-corrected chi connectivity index (χ1v) is 8.25. The third-order valence-electron chi connectivity index (χ3n) is 4.38. The lowest BCUT2D eigenvalue weighted by Gasteiger charge is -2.16. The molecule has 3 heterocycles. The maximum atomic E-state index is 12.4. The summed E-state index contributed by atoms with van der Waals surface area (Å²) in [6.45, 7) is 4.67. The Morgan fingerprint density at radius 2 is 2.18 bits per heavy atom. The van der Waals surface area contributed by atoms with Crippen LogP contribution in [0.25, 0.3) is 0 Å². The summed E-state index contributed by atoms with van der Waals surface area (Å²) in [6.07, 6.45) is 4.93. The summed E-state index contributed by atoms with van der Waals surface area (Å²) in [6, 6.07) is 0. The lowest BCUT2D eigenvalue weighted by Crippen LogP contribution is -2.32. The van der Waals surface area contributed by atoms with Crippen LogP contribution in [-0.4, -0.2) is 60.5 Å². The molecule has 22 heavy (non-hydrogen) atoms. The van der Waals surface area contributed by atoms with E-state index < -0.39 is 0 Å². The number of aromatic nitrogens is 2. The fraction of sp³-hybridized carbons (Fsp3) is 0.667. The van der Waals surface area contributed by atoms with Gasteiger partial charge in [-0.3, -0.25) is 4.79 Å². The van der Waals surface area contributed by atoms with Crippen LogP contribution >= 0.6 is 11.6 Å².